The van der Waals surface area contributed by atoms with Crippen molar-refractivity contribution in [2.24, 2.45) is 7.05 Å². The van der Waals surface area contributed by atoms with Crippen molar-refractivity contribution in [3.63, 3.8) is 0 Å². The van der Waals surface area contributed by atoms with Gasteiger partial charge in [-0.15, -0.1) is 10.2 Å². The Morgan fingerprint density at radius 1 is 1.02 bits per heavy atom. The predicted molar refractivity (Wildman–Crippen MR) is 162 cm³/mol. The van der Waals surface area contributed by atoms with Gasteiger partial charge in [-0.3, -0.25) is 9.25 Å². The molecule has 220 valence electrons. The van der Waals surface area contributed by atoms with E-state index >= 15 is 0 Å². The highest BCUT2D eigenvalue weighted by atomic mass is 35.5. The summed E-state index contributed by atoms with van der Waals surface area (Å²) < 4.78 is 44.1. The van der Waals surface area contributed by atoms with Gasteiger partial charge < -0.3 is 14.6 Å². The minimum absolute atomic E-state index is 0.0370. The van der Waals surface area contributed by atoms with Gasteiger partial charge in [0.15, 0.2) is 5.82 Å². The second-order valence-electron chi connectivity index (χ2n) is 10.8. The maximum atomic E-state index is 14.1. The van der Waals surface area contributed by atoms with Gasteiger partial charge >= 0.3 is 0 Å². The SMILES string of the molecule is COc1cccc(OC)c1-n1c(-c2ccn(C)n2)nnc1N(CC[Si](C)(C)C)S(=O)(=O)C[C@H](O)c1ccc(Cl)cc1. The molecule has 0 spiro atoms. The van der Waals surface area contributed by atoms with Crippen LogP contribution < -0.4 is 13.8 Å². The van der Waals surface area contributed by atoms with Gasteiger partial charge in [0, 0.05) is 32.9 Å². The van der Waals surface area contributed by atoms with Crippen molar-refractivity contribution in [3.05, 3.63) is 65.3 Å². The molecule has 0 amide bonds. The summed E-state index contributed by atoms with van der Waals surface area (Å²) in [5.74, 6) is 0.609. The molecule has 1 atom stereocenters. The fourth-order valence-corrected chi connectivity index (χ4v) is 6.96. The van der Waals surface area contributed by atoms with E-state index in [0.717, 1.165) is 0 Å². The summed E-state index contributed by atoms with van der Waals surface area (Å²) in [6.07, 6.45) is 0.467. The van der Waals surface area contributed by atoms with E-state index in [4.69, 9.17) is 21.1 Å². The van der Waals surface area contributed by atoms with Crippen molar-refractivity contribution in [1.82, 2.24) is 24.5 Å². The molecule has 0 saturated carbocycles. The van der Waals surface area contributed by atoms with Crippen LogP contribution in [0.1, 0.15) is 11.7 Å². The van der Waals surface area contributed by atoms with Gasteiger partial charge in [-0.1, -0.05) is 49.4 Å². The first-order valence-corrected chi connectivity index (χ1v) is 18.6. The van der Waals surface area contributed by atoms with Gasteiger partial charge in [-0.05, 0) is 41.9 Å². The summed E-state index contributed by atoms with van der Waals surface area (Å²) in [5, 5.41) is 24.8. The molecule has 11 nitrogen and oxygen atoms in total. The number of para-hydroxylation sites is 1. The van der Waals surface area contributed by atoms with Crippen molar-refractivity contribution >= 4 is 35.6 Å². The molecule has 41 heavy (non-hydrogen) atoms. The molecule has 4 rings (SSSR count). The molecule has 4 aromatic rings. The smallest absolute Gasteiger partial charge is 0.246 e. The van der Waals surface area contributed by atoms with Crippen molar-refractivity contribution in [2.45, 2.75) is 31.8 Å². The third kappa shape index (κ3) is 6.92. The van der Waals surface area contributed by atoms with Gasteiger partial charge in [0.05, 0.1) is 26.1 Å². The summed E-state index contributed by atoms with van der Waals surface area (Å²) in [4.78, 5) is 0. The average molecular weight is 619 g/mol. The number of aliphatic hydroxyl groups excluding tert-OH is 1. The number of anilines is 1. The Morgan fingerprint density at radius 3 is 2.20 bits per heavy atom. The lowest BCUT2D eigenvalue weighted by Crippen LogP contribution is -2.40. The second-order valence-corrected chi connectivity index (χ2v) is 18.8. The summed E-state index contributed by atoms with van der Waals surface area (Å²) in [7, 11) is -1.07. The molecule has 2 aromatic carbocycles. The van der Waals surface area contributed by atoms with Crippen LogP contribution in [-0.2, 0) is 17.1 Å². The Bertz CT molecular complexity index is 1580. The largest absolute Gasteiger partial charge is 0.494 e. The highest BCUT2D eigenvalue weighted by molar-refractivity contribution is 7.92. The van der Waals surface area contributed by atoms with Crippen LogP contribution in [0.25, 0.3) is 17.2 Å². The fraction of sp³-hybridized carbons (Fsp3) is 0.370. The van der Waals surface area contributed by atoms with Gasteiger partial charge in [0.25, 0.3) is 0 Å². The molecular formula is C27H35ClN6O5SSi. The molecule has 0 saturated heterocycles. The van der Waals surface area contributed by atoms with Crippen molar-refractivity contribution in [1.29, 1.82) is 0 Å². The van der Waals surface area contributed by atoms with E-state index in [1.54, 1.807) is 71.0 Å². The molecule has 0 radical (unpaired) electrons. The zero-order chi connectivity index (χ0) is 29.9. The summed E-state index contributed by atoms with van der Waals surface area (Å²) >= 11 is 5.99. The molecule has 0 unspecified atom stereocenters. The van der Waals surface area contributed by atoms with Crippen LogP contribution in [0, 0.1) is 0 Å². The quantitative estimate of drug-likeness (QED) is 0.229. The number of aromatic nitrogens is 5. The van der Waals surface area contributed by atoms with Gasteiger partial charge in [-0.2, -0.15) is 5.10 Å². The minimum Gasteiger partial charge on any atom is -0.494 e. The number of rotatable bonds is 12. The Morgan fingerprint density at radius 2 is 1.66 bits per heavy atom. The molecule has 0 fully saturated rings. The molecule has 0 aliphatic rings. The van der Waals surface area contributed by atoms with E-state index in [1.165, 1.54) is 18.5 Å². The highest BCUT2D eigenvalue weighted by Crippen LogP contribution is 2.39. The van der Waals surface area contributed by atoms with E-state index in [9.17, 15) is 13.5 Å². The average Bonchev–Trinajstić information content (AvgIpc) is 3.53. The number of benzene rings is 2. The fourth-order valence-electron chi connectivity index (χ4n) is 4.27. The first-order chi connectivity index (χ1) is 19.3. The van der Waals surface area contributed by atoms with Crippen molar-refractivity contribution in [2.75, 3.05) is 30.8 Å². The minimum atomic E-state index is -4.15. The summed E-state index contributed by atoms with van der Waals surface area (Å²) in [6.45, 7) is 6.62. The Kier molecular flexibility index (Phi) is 9.12. The summed E-state index contributed by atoms with van der Waals surface area (Å²) in [5.41, 5.74) is 1.33. The monoisotopic (exact) mass is 618 g/mol. The molecule has 1 N–H and O–H groups in total. The lowest BCUT2D eigenvalue weighted by atomic mass is 10.1. The van der Waals surface area contributed by atoms with Gasteiger partial charge in [-0.25, -0.2) is 12.7 Å². The van der Waals surface area contributed by atoms with Crippen LogP contribution in [0.5, 0.6) is 11.5 Å². The number of methoxy groups -OCH3 is 2. The lowest BCUT2D eigenvalue weighted by Gasteiger charge is -2.28. The number of nitrogens with zero attached hydrogens (tertiary/aromatic N) is 6. The Labute approximate surface area is 246 Å². The van der Waals surface area contributed by atoms with E-state index < -0.39 is 30.0 Å². The van der Waals surface area contributed by atoms with E-state index in [1.807, 2.05) is 0 Å². The Balaban J connectivity index is 1.92. The Hall–Kier alpha value is -3.39. The number of aliphatic hydroxyl groups is 1. The second kappa shape index (κ2) is 12.2. The van der Waals surface area contributed by atoms with Crippen molar-refractivity contribution in [3.8, 4) is 28.7 Å². The zero-order valence-electron chi connectivity index (χ0n) is 23.9. The normalized spacial score (nSPS) is 12.8. The van der Waals surface area contributed by atoms with Crippen LogP contribution in [0.4, 0.5) is 5.95 Å². The first-order valence-electron chi connectivity index (χ1n) is 13.0. The number of ether oxygens (including phenoxy) is 2. The topological polar surface area (TPSA) is 125 Å². The zero-order valence-corrected chi connectivity index (χ0v) is 26.5. The van der Waals surface area contributed by atoms with Crippen LogP contribution >= 0.6 is 11.6 Å². The van der Waals surface area contributed by atoms with Gasteiger partial charge in [0.1, 0.15) is 22.9 Å². The van der Waals surface area contributed by atoms with Crippen molar-refractivity contribution < 1.29 is 23.0 Å². The van der Waals surface area contributed by atoms with E-state index in [2.05, 4.69) is 34.9 Å². The van der Waals surface area contributed by atoms with Crippen LogP contribution in [-0.4, -0.2) is 72.7 Å². The maximum absolute atomic E-state index is 14.1. The molecule has 14 heteroatoms. The molecule has 0 bridgehead atoms. The molecule has 0 aliphatic carbocycles. The van der Waals surface area contributed by atoms with Crippen LogP contribution in [0.3, 0.4) is 0 Å². The number of halogens is 1. The third-order valence-electron chi connectivity index (χ3n) is 6.46. The standard InChI is InChI=1S/C27H35ClN6O5SSi/c1-32-15-14-21(31-32)26-29-30-27(34(26)25-23(38-2)8-7-9-24(25)39-3)33(16-17-41(4,5)6)40(36,37)18-22(35)19-10-12-20(28)13-11-19/h7-15,22,35H,16-18H2,1-6H3/t22-/m0/s1. The number of hydrogen-bond donors (Lipinski definition) is 1. The third-order valence-corrected chi connectivity index (χ3v) is 10.2. The number of aryl methyl sites for hydroxylation is 1. The van der Waals surface area contributed by atoms with E-state index in [0.29, 0.717) is 45.3 Å². The highest BCUT2D eigenvalue weighted by Gasteiger charge is 2.35. The predicted octanol–water partition coefficient (Wildman–Crippen LogP) is 4.55. The van der Waals surface area contributed by atoms with Crippen LogP contribution in [0.2, 0.25) is 30.7 Å². The van der Waals surface area contributed by atoms with Gasteiger partial charge in [0.2, 0.25) is 16.0 Å². The molecule has 0 aliphatic heterocycles. The molecular weight excluding hydrogens is 584 g/mol. The number of hydrogen-bond acceptors (Lipinski definition) is 8. The van der Waals surface area contributed by atoms with E-state index in [-0.39, 0.29) is 12.5 Å². The molecule has 2 aromatic heterocycles. The summed E-state index contributed by atoms with van der Waals surface area (Å²) in [6, 6.07) is 14.1. The lowest BCUT2D eigenvalue weighted by molar-refractivity contribution is 0.201. The number of sulfonamides is 1. The maximum Gasteiger partial charge on any atom is 0.246 e. The molecule has 2 heterocycles. The van der Waals surface area contributed by atoms with Crippen LogP contribution in [0.15, 0.2) is 54.7 Å². The first kappa shape index (κ1) is 30.6.